The standard InChI is InChI=1S/C16H25NO/c1-15(2,3)13-10-12(6-7-14(13)18-4)16(11-17)8-5-9-16/h6-7,10H,5,8-9,11,17H2,1-4H3. The molecule has 1 aliphatic rings. The maximum atomic E-state index is 6.00. The van der Waals surface area contributed by atoms with Crippen molar-refractivity contribution in [2.24, 2.45) is 5.73 Å². The zero-order valence-electron chi connectivity index (χ0n) is 12.0. The first kappa shape index (κ1) is 13.4. The molecule has 0 atom stereocenters. The lowest BCUT2D eigenvalue weighted by atomic mass is 9.64. The highest BCUT2D eigenvalue weighted by Gasteiger charge is 2.38. The van der Waals surface area contributed by atoms with Gasteiger partial charge in [0.25, 0.3) is 0 Å². The van der Waals surface area contributed by atoms with Crippen molar-refractivity contribution in [1.29, 1.82) is 0 Å². The highest BCUT2D eigenvalue weighted by Crippen LogP contribution is 2.45. The summed E-state index contributed by atoms with van der Waals surface area (Å²) in [5.41, 5.74) is 9.00. The van der Waals surface area contributed by atoms with Crippen LogP contribution in [0.4, 0.5) is 0 Å². The molecule has 2 N–H and O–H groups in total. The molecule has 100 valence electrons. The van der Waals surface area contributed by atoms with Gasteiger partial charge in [-0.2, -0.15) is 0 Å². The van der Waals surface area contributed by atoms with E-state index in [9.17, 15) is 0 Å². The molecule has 0 radical (unpaired) electrons. The van der Waals surface area contributed by atoms with Crippen molar-refractivity contribution >= 4 is 0 Å². The fourth-order valence-electron chi connectivity index (χ4n) is 2.84. The molecule has 1 saturated carbocycles. The van der Waals surface area contributed by atoms with Crippen LogP contribution in [0, 0.1) is 0 Å². The Morgan fingerprint density at radius 2 is 1.94 bits per heavy atom. The Labute approximate surface area is 111 Å². The van der Waals surface area contributed by atoms with Crippen molar-refractivity contribution in [2.45, 2.75) is 50.9 Å². The third-order valence-corrected chi connectivity index (χ3v) is 4.32. The Hall–Kier alpha value is -1.02. The summed E-state index contributed by atoms with van der Waals surface area (Å²) in [5, 5.41) is 0. The van der Waals surface area contributed by atoms with E-state index in [0.29, 0.717) is 0 Å². The highest BCUT2D eigenvalue weighted by atomic mass is 16.5. The predicted molar refractivity (Wildman–Crippen MR) is 76.3 cm³/mol. The second-order valence-corrected chi connectivity index (χ2v) is 6.50. The van der Waals surface area contributed by atoms with Gasteiger partial charge < -0.3 is 10.5 Å². The van der Waals surface area contributed by atoms with Crippen molar-refractivity contribution in [3.8, 4) is 5.75 Å². The lowest BCUT2D eigenvalue weighted by molar-refractivity contribution is 0.252. The van der Waals surface area contributed by atoms with E-state index < -0.39 is 0 Å². The molecule has 2 rings (SSSR count). The van der Waals surface area contributed by atoms with Gasteiger partial charge in [-0.15, -0.1) is 0 Å². The molecule has 1 aliphatic carbocycles. The summed E-state index contributed by atoms with van der Waals surface area (Å²) >= 11 is 0. The summed E-state index contributed by atoms with van der Waals surface area (Å²) in [6.07, 6.45) is 3.74. The second-order valence-electron chi connectivity index (χ2n) is 6.50. The van der Waals surface area contributed by atoms with Gasteiger partial charge in [-0.1, -0.05) is 39.3 Å². The minimum absolute atomic E-state index is 0.0981. The monoisotopic (exact) mass is 247 g/mol. The quantitative estimate of drug-likeness (QED) is 0.888. The molecule has 0 aromatic heterocycles. The third-order valence-electron chi connectivity index (χ3n) is 4.32. The van der Waals surface area contributed by atoms with Gasteiger partial charge in [-0.25, -0.2) is 0 Å². The van der Waals surface area contributed by atoms with E-state index in [0.717, 1.165) is 12.3 Å². The maximum absolute atomic E-state index is 6.00. The van der Waals surface area contributed by atoms with Crippen LogP contribution in [-0.4, -0.2) is 13.7 Å². The molecule has 0 heterocycles. The van der Waals surface area contributed by atoms with Crippen LogP contribution in [-0.2, 0) is 10.8 Å². The van der Waals surface area contributed by atoms with E-state index in [1.165, 1.54) is 30.4 Å². The van der Waals surface area contributed by atoms with Gasteiger partial charge in [0.05, 0.1) is 7.11 Å². The molecule has 1 fully saturated rings. The molecule has 18 heavy (non-hydrogen) atoms. The van der Waals surface area contributed by atoms with Crippen molar-refractivity contribution in [3.05, 3.63) is 29.3 Å². The molecule has 0 bridgehead atoms. The van der Waals surface area contributed by atoms with E-state index in [-0.39, 0.29) is 10.8 Å². The lowest BCUT2D eigenvalue weighted by Crippen LogP contribution is -2.41. The zero-order valence-corrected chi connectivity index (χ0v) is 12.0. The SMILES string of the molecule is COc1ccc(C2(CN)CCC2)cc1C(C)(C)C. The predicted octanol–water partition coefficient (Wildman–Crippen LogP) is 3.37. The Morgan fingerprint density at radius 3 is 2.33 bits per heavy atom. The number of methoxy groups -OCH3 is 1. The second kappa shape index (κ2) is 4.58. The normalized spacial score (nSPS) is 18.3. The molecule has 1 aromatic rings. The van der Waals surface area contributed by atoms with Gasteiger partial charge in [0.1, 0.15) is 5.75 Å². The van der Waals surface area contributed by atoms with E-state index >= 15 is 0 Å². The first-order valence-electron chi connectivity index (χ1n) is 6.82. The minimum Gasteiger partial charge on any atom is -0.496 e. The molecule has 2 heteroatoms. The number of benzene rings is 1. The number of hydrogen-bond donors (Lipinski definition) is 1. The fraction of sp³-hybridized carbons (Fsp3) is 0.625. The summed E-state index contributed by atoms with van der Waals surface area (Å²) in [7, 11) is 1.74. The fourth-order valence-corrected chi connectivity index (χ4v) is 2.84. The Balaban J connectivity index is 2.46. The molecule has 0 aliphatic heterocycles. The number of rotatable bonds is 3. The van der Waals surface area contributed by atoms with E-state index in [1.807, 2.05) is 0 Å². The maximum Gasteiger partial charge on any atom is 0.122 e. The number of ether oxygens (including phenoxy) is 1. The van der Waals surface area contributed by atoms with E-state index in [4.69, 9.17) is 10.5 Å². The van der Waals surface area contributed by atoms with Crippen LogP contribution in [0.1, 0.15) is 51.2 Å². The first-order valence-corrected chi connectivity index (χ1v) is 6.82. The van der Waals surface area contributed by atoms with E-state index in [2.05, 4.69) is 39.0 Å². The van der Waals surface area contributed by atoms with Crippen molar-refractivity contribution in [1.82, 2.24) is 0 Å². The van der Waals surface area contributed by atoms with E-state index in [1.54, 1.807) is 7.11 Å². The van der Waals surface area contributed by atoms with Crippen molar-refractivity contribution < 1.29 is 4.74 Å². The smallest absolute Gasteiger partial charge is 0.122 e. The lowest BCUT2D eigenvalue weighted by Gasteiger charge is -2.42. The summed E-state index contributed by atoms with van der Waals surface area (Å²) < 4.78 is 5.49. The molecule has 1 aromatic carbocycles. The minimum atomic E-state index is 0.0981. The van der Waals surface area contributed by atoms with Gasteiger partial charge in [0.15, 0.2) is 0 Å². The van der Waals surface area contributed by atoms with Crippen LogP contribution in [0.25, 0.3) is 0 Å². The first-order chi connectivity index (χ1) is 8.43. The van der Waals surface area contributed by atoms with Gasteiger partial charge in [0, 0.05) is 12.0 Å². The van der Waals surface area contributed by atoms with Crippen LogP contribution in [0.5, 0.6) is 5.75 Å². The van der Waals surface area contributed by atoms with Crippen molar-refractivity contribution in [2.75, 3.05) is 13.7 Å². The average molecular weight is 247 g/mol. The Morgan fingerprint density at radius 1 is 1.28 bits per heavy atom. The molecule has 0 spiro atoms. The highest BCUT2D eigenvalue weighted by molar-refractivity contribution is 5.44. The Kier molecular flexibility index (Phi) is 3.41. The molecular formula is C16H25NO. The van der Waals surface area contributed by atoms with Gasteiger partial charge in [-0.05, 0) is 35.4 Å². The van der Waals surface area contributed by atoms with Gasteiger partial charge in [0.2, 0.25) is 0 Å². The summed E-state index contributed by atoms with van der Waals surface area (Å²) in [5.74, 6) is 0.984. The summed E-state index contributed by atoms with van der Waals surface area (Å²) in [6, 6.07) is 6.61. The third kappa shape index (κ3) is 2.14. The van der Waals surface area contributed by atoms with Crippen LogP contribution in [0.15, 0.2) is 18.2 Å². The molecule has 0 saturated heterocycles. The molecule has 0 amide bonds. The Bertz CT molecular complexity index is 422. The largest absolute Gasteiger partial charge is 0.496 e. The topological polar surface area (TPSA) is 35.2 Å². The summed E-state index contributed by atoms with van der Waals surface area (Å²) in [6.45, 7) is 7.43. The van der Waals surface area contributed by atoms with Crippen LogP contribution >= 0.6 is 0 Å². The van der Waals surface area contributed by atoms with Crippen LogP contribution < -0.4 is 10.5 Å². The number of hydrogen-bond acceptors (Lipinski definition) is 2. The molecule has 0 unspecified atom stereocenters. The van der Waals surface area contributed by atoms with Gasteiger partial charge in [-0.3, -0.25) is 0 Å². The summed E-state index contributed by atoms with van der Waals surface area (Å²) in [4.78, 5) is 0. The van der Waals surface area contributed by atoms with Crippen molar-refractivity contribution in [3.63, 3.8) is 0 Å². The molecular weight excluding hydrogens is 222 g/mol. The molecule has 2 nitrogen and oxygen atoms in total. The van der Waals surface area contributed by atoms with Gasteiger partial charge >= 0.3 is 0 Å². The number of nitrogens with two attached hydrogens (primary N) is 1. The van der Waals surface area contributed by atoms with Crippen LogP contribution in [0.2, 0.25) is 0 Å². The average Bonchev–Trinajstić information content (AvgIpc) is 2.27. The zero-order chi connectivity index (χ0) is 13.4. The van der Waals surface area contributed by atoms with Crippen LogP contribution in [0.3, 0.4) is 0 Å².